The van der Waals surface area contributed by atoms with Crippen LogP contribution in [0.15, 0.2) is 0 Å². The van der Waals surface area contributed by atoms with Crippen LogP contribution in [-0.2, 0) is 10.2 Å². The van der Waals surface area contributed by atoms with Gasteiger partial charge in [-0.2, -0.15) is 12.7 Å². The Hall–Kier alpha value is -0.200. The third-order valence-corrected chi connectivity index (χ3v) is 2.19. The standard InChI is InChI=1S/C4H11FN2O2S/c1-4(2)7(3-5)10(6,8)9/h4H,3H2,1-2H3,(H2,6,8,9). The lowest BCUT2D eigenvalue weighted by Gasteiger charge is -2.18. The average Bonchev–Trinajstić information content (AvgIpc) is 1.60. The third-order valence-electron chi connectivity index (χ3n) is 1.02. The molecule has 0 aliphatic carbocycles. The Labute approximate surface area is 60.0 Å². The van der Waals surface area contributed by atoms with E-state index >= 15 is 0 Å². The molecule has 0 heterocycles. The van der Waals surface area contributed by atoms with Gasteiger partial charge < -0.3 is 0 Å². The van der Waals surface area contributed by atoms with E-state index in [-0.39, 0.29) is 0 Å². The molecule has 0 amide bonds. The molecule has 0 fully saturated rings. The molecule has 0 aromatic carbocycles. The summed E-state index contributed by atoms with van der Waals surface area (Å²) < 4.78 is 33.4. The lowest BCUT2D eigenvalue weighted by atomic mass is 10.4. The van der Waals surface area contributed by atoms with Gasteiger partial charge in [-0.3, -0.25) is 0 Å². The lowest BCUT2D eigenvalue weighted by Crippen LogP contribution is -2.40. The number of nitrogens with two attached hydrogens (primary N) is 1. The van der Waals surface area contributed by atoms with Gasteiger partial charge in [-0.1, -0.05) is 0 Å². The Morgan fingerprint density at radius 3 is 2.00 bits per heavy atom. The zero-order valence-corrected chi connectivity index (χ0v) is 6.73. The molecule has 0 aromatic rings. The quantitative estimate of drug-likeness (QED) is 0.597. The number of nitrogens with zero attached hydrogens (tertiary/aromatic N) is 1. The van der Waals surface area contributed by atoms with Gasteiger partial charge in [-0.05, 0) is 13.8 Å². The normalized spacial score (nSPS) is 13.0. The second-order valence-electron chi connectivity index (χ2n) is 2.15. The average molecular weight is 170 g/mol. The smallest absolute Gasteiger partial charge is 0.233 e. The molecule has 0 radical (unpaired) electrons. The fourth-order valence-electron chi connectivity index (χ4n) is 0.500. The molecular weight excluding hydrogens is 159 g/mol. The van der Waals surface area contributed by atoms with Crippen LogP contribution in [0.1, 0.15) is 13.8 Å². The minimum Gasteiger partial charge on any atom is -0.233 e. The van der Waals surface area contributed by atoms with Crippen molar-refractivity contribution in [3.8, 4) is 0 Å². The van der Waals surface area contributed by atoms with Crippen LogP contribution in [0.25, 0.3) is 0 Å². The van der Waals surface area contributed by atoms with Gasteiger partial charge in [0.15, 0.2) is 6.80 Å². The minimum atomic E-state index is -3.86. The Morgan fingerprint density at radius 1 is 1.60 bits per heavy atom. The van der Waals surface area contributed by atoms with E-state index in [1.165, 1.54) is 0 Å². The Bertz CT molecular complexity index is 189. The maximum absolute atomic E-state index is 11.9. The molecule has 0 atom stereocenters. The van der Waals surface area contributed by atoms with Gasteiger partial charge in [0.05, 0.1) is 0 Å². The van der Waals surface area contributed by atoms with E-state index in [2.05, 4.69) is 5.14 Å². The van der Waals surface area contributed by atoms with E-state index in [0.29, 0.717) is 4.31 Å². The maximum atomic E-state index is 11.9. The summed E-state index contributed by atoms with van der Waals surface area (Å²) in [4.78, 5) is 0. The summed E-state index contributed by atoms with van der Waals surface area (Å²) in [5.41, 5.74) is 0. The molecule has 62 valence electrons. The minimum absolute atomic E-state index is 0.431. The second-order valence-corrected chi connectivity index (χ2v) is 3.64. The molecule has 6 heteroatoms. The van der Waals surface area contributed by atoms with Gasteiger partial charge in [0.25, 0.3) is 10.2 Å². The highest BCUT2D eigenvalue weighted by Crippen LogP contribution is 2.01. The highest BCUT2D eigenvalue weighted by atomic mass is 32.2. The highest BCUT2D eigenvalue weighted by Gasteiger charge is 2.19. The van der Waals surface area contributed by atoms with Crippen LogP contribution < -0.4 is 5.14 Å². The molecule has 0 spiro atoms. The molecule has 0 rings (SSSR count). The van der Waals surface area contributed by atoms with E-state index in [9.17, 15) is 12.8 Å². The monoisotopic (exact) mass is 170 g/mol. The summed E-state index contributed by atoms with van der Waals surface area (Å²) in [6.07, 6.45) is 0. The Kier molecular flexibility index (Phi) is 3.20. The Balaban J connectivity index is 4.38. The van der Waals surface area contributed by atoms with Crippen molar-refractivity contribution in [3.05, 3.63) is 0 Å². The van der Waals surface area contributed by atoms with Gasteiger partial charge in [0.2, 0.25) is 0 Å². The fourth-order valence-corrected chi connectivity index (χ4v) is 1.22. The first-order valence-corrected chi connectivity index (χ1v) is 4.25. The van der Waals surface area contributed by atoms with Crippen molar-refractivity contribution in [2.75, 3.05) is 6.80 Å². The third kappa shape index (κ3) is 2.59. The molecule has 0 bridgehead atoms. The zero-order valence-electron chi connectivity index (χ0n) is 5.91. The summed E-state index contributed by atoms with van der Waals surface area (Å²) in [5, 5.41) is 4.65. The first-order chi connectivity index (χ1) is 4.39. The largest absolute Gasteiger partial charge is 0.279 e. The van der Waals surface area contributed by atoms with E-state index in [0.717, 1.165) is 0 Å². The van der Waals surface area contributed by atoms with Crippen LogP contribution >= 0.6 is 0 Å². The molecule has 2 N–H and O–H groups in total. The number of alkyl halides is 1. The van der Waals surface area contributed by atoms with Crippen molar-refractivity contribution in [1.82, 2.24) is 4.31 Å². The Morgan fingerprint density at radius 2 is 2.00 bits per heavy atom. The van der Waals surface area contributed by atoms with Gasteiger partial charge >= 0.3 is 0 Å². The molecule has 0 aromatic heterocycles. The second kappa shape index (κ2) is 3.27. The molecule has 10 heavy (non-hydrogen) atoms. The summed E-state index contributed by atoms with van der Waals surface area (Å²) in [7, 11) is -3.86. The molecule has 0 aliphatic rings. The van der Waals surface area contributed by atoms with Gasteiger partial charge in [-0.25, -0.2) is 9.53 Å². The lowest BCUT2D eigenvalue weighted by molar-refractivity contribution is 0.252. The molecule has 0 aliphatic heterocycles. The van der Waals surface area contributed by atoms with Crippen LogP contribution in [0, 0.1) is 0 Å². The van der Waals surface area contributed by atoms with Gasteiger partial charge in [0, 0.05) is 6.04 Å². The first kappa shape index (κ1) is 9.80. The van der Waals surface area contributed by atoms with E-state index in [1.807, 2.05) is 0 Å². The van der Waals surface area contributed by atoms with Crippen LogP contribution in [0.2, 0.25) is 0 Å². The summed E-state index contributed by atoms with van der Waals surface area (Å²) in [5.74, 6) is 0. The summed E-state index contributed by atoms with van der Waals surface area (Å²) in [6, 6.07) is -0.431. The van der Waals surface area contributed by atoms with Crippen LogP contribution in [0.3, 0.4) is 0 Å². The first-order valence-electron chi connectivity index (χ1n) is 2.75. The summed E-state index contributed by atoms with van der Waals surface area (Å²) >= 11 is 0. The van der Waals surface area contributed by atoms with Crippen LogP contribution in [0.5, 0.6) is 0 Å². The highest BCUT2D eigenvalue weighted by molar-refractivity contribution is 7.86. The number of rotatable bonds is 3. The predicted molar refractivity (Wildman–Crippen MR) is 36.1 cm³/mol. The predicted octanol–water partition coefficient (Wildman–Crippen LogP) is -0.173. The molecule has 0 unspecified atom stereocenters. The van der Waals surface area contributed by atoms with Crippen molar-refractivity contribution >= 4 is 10.2 Å². The number of hydrogen-bond donors (Lipinski definition) is 1. The van der Waals surface area contributed by atoms with E-state index in [4.69, 9.17) is 0 Å². The van der Waals surface area contributed by atoms with E-state index < -0.39 is 23.0 Å². The number of halogens is 1. The van der Waals surface area contributed by atoms with Crippen molar-refractivity contribution in [2.24, 2.45) is 5.14 Å². The molecule has 0 saturated heterocycles. The van der Waals surface area contributed by atoms with Gasteiger partial charge in [-0.15, -0.1) is 0 Å². The van der Waals surface area contributed by atoms with Crippen molar-refractivity contribution in [1.29, 1.82) is 0 Å². The maximum Gasteiger partial charge on any atom is 0.279 e. The van der Waals surface area contributed by atoms with Gasteiger partial charge in [0.1, 0.15) is 0 Å². The fraction of sp³-hybridized carbons (Fsp3) is 1.00. The zero-order chi connectivity index (χ0) is 8.36. The number of hydrogen-bond acceptors (Lipinski definition) is 2. The molecule has 4 nitrogen and oxygen atoms in total. The topological polar surface area (TPSA) is 63.4 Å². The van der Waals surface area contributed by atoms with E-state index in [1.54, 1.807) is 13.8 Å². The van der Waals surface area contributed by atoms with Crippen LogP contribution in [-0.4, -0.2) is 25.6 Å². The van der Waals surface area contributed by atoms with Crippen molar-refractivity contribution < 1.29 is 12.8 Å². The van der Waals surface area contributed by atoms with Crippen molar-refractivity contribution in [2.45, 2.75) is 19.9 Å². The van der Waals surface area contributed by atoms with Crippen LogP contribution in [0.4, 0.5) is 4.39 Å². The molecule has 0 saturated carbocycles. The van der Waals surface area contributed by atoms with Crippen molar-refractivity contribution in [3.63, 3.8) is 0 Å². The SMILES string of the molecule is CC(C)N(CF)S(N)(=O)=O. The summed E-state index contributed by atoms with van der Waals surface area (Å²) in [6.45, 7) is 2.02. The molecular formula is C4H11FN2O2S.